The van der Waals surface area contributed by atoms with E-state index in [4.69, 9.17) is 9.47 Å². The van der Waals surface area contributed by atoms with Gasteiger partial charge in [-0.05, 0) is 40.2 Å². The number of hydrogen-bond acceptors (Lipinski definition) is 4. The number of carbonyl (C=O) groups excluding carboxylic acids is 1. The monoisotopic (exact) mass is 326 g/mol. The fourth-order valence-corrected chi connectivity index (χ4v) is 2.82. The van der Waals surface area contributed by atoms with Gasteiger partial charge in [-0.3, -0.25) is 4.79 Å². The van der Waals surface area contributed by atoms with Gasteiger partial charge in [0.1, 0.15) is 12.9 Å². The number of rotatable bonds is 5. The van der Waals surface area contributed by atoms with Crippen LogP contribution in [0.4, 0.5) is 0 Å². The number of thiophene rings is 1. The largest absolute Gasteiger partial charge is 0.493 e. The molecule has 0 fully saturated rings. The summed E-state index contributed by atoms with van der Waals surface area (Å²) in [5, 5.41) is 2.01. The number of carbonyl (C=O) groups is 1. The van der Waals surface area contributed by atoms with E-state index < -0.39 is 0 Å². The molecule has 0 aliphatic carbocycles. The molecule has 94 valence electrons. The van der Waals surface area contributed by atoms with Crippen molar-refractivity contribution in [3.8, 4) is 11.5 Å². The Balaban J connectivity index is 2.11. The van der Waals surface area contributed by atoms with Crippen LogP contribution >= 0.6 is 27.3 Å². The van der Waals surface area contributed by atoms with Crippen molar-refractivity contribution < 1.29 is 14.3 Å². The second-order valence-electron chi connectivity index (χ2n) is 3.55. The molecule has 0 spiro atoms. The highest BCUT2D eigenvalue weighted by atomic mass is 79.9. The number of halogens is 1. The first-order valence-electron chi connectivity index (χ1n) is 5.22. The minimum absolute atomic E-state index is 0.479. The van der Waals surface area contributed by atoms with Gasteiger partial charge >= 0.3 is 0 Å². The van der Waals surface area contributed by atoms with Crippen LogP contribution in [0.2, 0.25) is 0 Å². The van der Waals surface area contributed by atoms with Crippen molar-refractivity contribution in [2.45, 2.75) is 6.61 Å². The maximum Gasteiger partial charge on any atom is 0.161 e. The van der Waals surface area contributed by atoms with Gasteiger partial charge in [0.15, 0.2) is 11.5 Å². The Morgan fingerprint density at radius 3 is 2.78 bits per heavy atom. The summed E-state index contributed by atoms with van der Waals surface area (Å²) in [6.07, 6.45) is 0.780. The standard InChI is InChI=1S/C13H11BrO3S/c1-16-13-4-9(6-15)2-3-12(13)17-7-11-5-10(14)8-18-11/h2-6,8H,7H2,1H3. The summed E-state index contributed by atoms with van der Waals surface area (Å²) in [5.74, 6) is 1.20. The Morgan fingerprint density at radius 1 is 1.33 bits per heavy atom. The van der Waals surface area contributed by atoms with Crippen LogP contribution in [-0.2, 0) is 6.61 Å². The smallest absolute Gasteiger partial charge is 0.161 e. The summed E-state index contributed by atoms with van der Waals surface area (Å²) in [6.45, 7) is 0.479. The quantitative estimate of drug-likeness (QED) is 0.781. The Morgan fingerprint density at radius 2 is 2.17 bits per heavy atom. The van der Waals surface area contributed by atoms with E-state index in [9.17, 15) is 4.79 Å². The lowest BCUT2D eigenvalue weighted by Gasteiger charge is -2.10. The van der Waals surface area contributed by atoms with Crippen molar-refractivity contribution in [2.24, 2.45) is 0 Å². The zero-order valence-electron chi connectivity index (χ0n) is 9.68. The van der Waals surface area contributed by atoms with Crippen LogP contribution in [0.1, 0.15) is 15.2 Å². The van der Waals surface area contributed by atoms with Gasteiger partial charge in [0, 0.05) is 20.3 Å². The molecule has 2 aromatic rings. The van der Waals surface area contributed by atoms with Crippen molar-refractivity contribution in [1.82, 2.24) is 0 Å². The summed E-state index contributed by atoms with van der Waals surface area (Å²) in [5.41, 5.74) is 0.568. The van der Waals surface area contributed by atoms with Crippen molar-refractivity contribution in [3.05, 3.63) is 44.6 Å². The first-order chi connectivity index (χ1) is 8.72. The van der Waals surface area contributed by atoms with E-state index in [1.807, 2.05) is 11.4 Å². The minimum atomic E-state index is 0.479. The van der Waals surface area contributed by atoms with E-state index >= 15 is 0 Å². The predicted molar refractivity (Wildman–Crippen MR) is 74.7 cm³/mol. The summed E-state index contributed by atoms with van der Waals surface area (Å²) in [6, 6.07) is 7.12. The van der Waals surface area contributed by atoms with Gasteiger partial charge < -0.3 is 9.47 Å². The summed E-state index contributed by atoms with van der Waals surface area (Å²) < 4.78 is 11.9. The Hall–Kier alpha value is -1.33. The molecule has 0 N–H and O–H groups in total. The lowest BCUT2D eigenvalue weighted by molar-refractivity contribution is 0.112. The second-order valence-corrected chi connectivity index (χ2v) is 5.46. The number of ether oxygens (including phenoxy) is 2. The van der Waals surface area contributed by atoms with Crippen LogP contribution in [0.5, 0.6) is 11.5 Å². The highest BCUT2D eigenvalue weighted by Gasteiger charge is 2.06. The third-order valence-electron chi connectivity index (χ3n) is 2.32. The van der Waals surface area contributed by atoms with Gasteiger partial charge in [0.05, 0.1) is 7.11 Å². The van der Waals surface area contributed by atoms with Crippen molar-refractivity contribution in [2.75, 3.05) is 7.11 Å². The van der Waals surface area contributed by atoms with Crippen LogP contribution < -0.4 is 9.47 Å². The maximum absolute atomic E-state index is 10.7. The molecule has 0 aliphatic rings. The first kappa shape index (κ1) is 13.1. The summed E-state index contributed by atoms with van der Waals surface area (Å²) in [7, 11) is 1.55. The molecule has 0 saturated heterocycles. The lowest BCUT2D eigenvalue weighted by atomic mass is 10.2. The van der Waals surface area contributed by atoms with E-state index in [-0.39, 0.29) is 0 Å². The van der Waals surface area contributed by atoms with E-state index in [2.05, 4.69) is 15.9 Å². The Labute approximate surface area is 117 Å². The third kappa shape index (κ3) is 3.11. The molecule has 0 unspecified atom stereocenters. The first-order valence-corrected chi connectivity index (χ1v) is 6.89. The molecule has 1 aromatic heterocycles. The van der Waals surface area contributed by atoms with Crippen molar-refractivity contribution >= 4 is 33.6 Å². The molecule has 3 nitrogen and oxygen atoms in total. The molecule has 18 heavy (non-hydrogen) atoms. The average molecular weight is 327 g/mol. The van der Waals surface area contributed by atoms with Gasteiger partial charge in [-0.2, -0.15) is 0 Å². The highest BCUT2D eigenvalue weighted by molar-refractivity contribution is 9.10. The van der Waals surface area contributed by atoms with E-state index in [0.717, 1.165) is 15.6 Å². The van der Waals surface area contributed by atoms with Gasteiger partial charge in [0.2, 0.25) is 0 Å². The van der Waals surface area contributed by atoms with Gasteiger partial charge in [-0.15, -0.1) is 11.3 Å². The number of methoxy groups -OCH3 is 1. The molecule has 1 heterocycles. The van der Waals surface area contributed by atoms with Crippen LogP contribution in [0, 0.1) is 0 Å². The maximum atomic E-state index is 10.7. The predicted octanol–water partition coefficient (Wildman–Crippen LogP) is 3.91. The molecule has 5 heteroatoms. The zero-order valence-corrected chi connectivity index (χ0v) is 12.1. The normalized spacial score (nSPS) is 10.1. The fraction of sp³-hybridized carbons (Fsp3) is 0.154. The van der Waals surface area contributed by atoms with Gasteiger partial charge in [-0.1, -0.05) is 0 Å². The van der Waals surface area contributed by atoms with Crippen LogP contribution in [0.25, 0.3) is 0 Å². The molecule has 0 atom stereocenters. The molecule has 0 radical (unpaired) electrons. The molecule has 0 bridgehead atoms. The Kier molecular flexibility index (Phi) is 4.38. The van der Waals surface area contributed by atoms with Crippen LogP contribution in [0.3, 0.4) is 0 Å². The Bertz CT molecular complexity index is 551. The second kappa shape index (κ2) is 6.02. The van der Waals surface area contributed by atoms with Gasteiger partial charge in [0.25, 0.3) is 0 Å². The van der Waals surface area contributed by atoms with Crippen molar-refractivity contribution in [3.63, 3.8) is 0 Å². The summed E-state index contributed by atoms with van der Waals surface area (Å²) in [4.78, 5) is 11.8. The number of aldehydes is 1. The molecule has 1 aromatic carbocycles. The molecular weight excluding hydrogens is 316 g/mol. The summed E-state index contributed by atoms with van der Waals surface area (Å²) >= 11 is 5.02. The fourth-order valence-electron chi connectivity index (χ4n) is 1.46. The molecule has 0 amide bonds. The minimum Gasteiger partial charge on any atom is -0.493 e. The molecule has 2 rings (SSSR count). The average Bonchev–Trinajstić information content (AvgIpc) is 2.82. The topological polar surface area (TPSA) is 35.5 Å². The SMILES string of the molecule is COc1cc(C=O)ccc1OCc1cc(Br)cs1. The van der Waals surface area contributed by atoms with Crippen LogP contribution in [-0.4, -0.2) is 13.4 Å². The number of hydrogen-bond donors (Lipinski definition) is 0. The van der Waals surface area contributed by atoms with E-state index in [0.29, 0.717) is 23.7 Å². The highest BCUT2D eigenvalue weighted by Crippen LogP contribution is 2.29. The number of benzene rings is 1. The molecule has 0 aliphatic heterocycles. The van der Waals surface area contributed by atoms with Gasteiger partial charge in [-0.25, -0.2) is 0 Å². The van der Waals surface area contributed by atoms with E-state index in [1.165, 1.54) is 0 Å². The van der Waals surface area contributed by atoms with E-state index in [1.54, 1.807) is 36.6 Å². The third-order valence-corrected chi connectivity index (χ3v) is 3.99. The van der Waals surface area contributed by atoms with Crippen LogP contribution in [0.15, 0.2) is 34.1 Å². The lowest BCUT2D eigenvalue weighted by Crippen LogP contribution is -1.96. The zero-order chi connectivity index (χ0) is 13.0. The molecular formula is C13H11BrO3S. The molecule has 0 saturated carbocycles. The van der Waals surface area contributed by atoms with Crippen molar-refractivity contribution in [1.29, 1.82) is 0 Å².